The summed E-state index contributed by atoms with van der Waals surface area (Å²) in [6.45, 7) is 8.10. The van der Waals surface area contributed by atoms with Crippen molar-refractivity contribution < 1.29 is 23.4 Å². The molecule has 4 aromatic rings. The Bertz CT molecular complexity index is 1400. The first-order chi connectivity index (χ1) is 17.0. The van der Waals surface area contributed by atoms with Crippen LogP contribution in [0.3, 0.4) is 0 Å². The van der Waals surface area contributed by atoms with Gasteiger partial charge in [-0.05, 0) is 60.9 Å². The lowest BCUT2D eigenvalue weighted by molar-refractivity contribution is 0.0505. The predicted octanol–water partition coefficient (Wildman–Crippen LogP) is 6.68. The van der Waals surface area contributed by atoms with Gasteiger partial charge in [-0.25, -0.2) is 4.79 Å². The molecule has 6 nitrogen and oxygen atoms in total. The smallest absolute Gasteiger partial charge is 0.338 e. The van der Waals surface area contributed by atoms with Crippen LogP contribution in [-0.4, -0.2) is 12.6 Å². The third-order valence-electron chi connectivity index (χ3n) is 5.35. The first-order valence-corrected chi connectivity index (χ1v) is 11.3. The molecule has 6 heteroatoms. The third kappa shape index (κ3) is 5.61. The molecule has 0 saturated carbocycles. The van der Waals surface area contributed by atoms with E-state index in [1.807, 2.05) is 31.2 Å². The summed E-state index contributed by atoms with van der Waals surface area (Å²) in [6, 6.07) is 19.4. The lowest BCUT2D eigenvalue weighted by Gasteiger charge is -2.11. The normalized spacial score (nSPS) is 10.7. The zero-order valence-electron chi connectivity index (χ0n) is 19.7. The van der Waals surface area contributed by atoms with Gasteiger partial charge in [0, 0.05) is 6.07 Å². The van der Waals surface area contributed by atoms with Crippen molar-refractivity contribution in [2.45, 2.75) is 26.9 Å². The highest BCUT2D eigenvalue weighted by Gasteiger charge is 2.15. The second-order valence-corrected chi connectivity index (χ2v) is 7.97. The molecule has 0 spiro atoms. The van der Waals surface area contributed by atoms with Crippen LogP contribution in [0.4, 0.5) is 0 Å². The van der Waals surface area contributed by atoms with E-state index in [4.69, 9.17) is 18.6 Å². The monoisotopic (exact) mass is 470 g/mol. The summed E-state index contributed by atoms with van der Waals surface area (Å²) in [5, 5.41) is 0.382. The molecule has 0 unspecified atom stereocenters. The van der Waals surface area contributed by atoms with E-state index < -0.39 is 5.97 Å². The molecule has 0 aliphatic rings. The van der Waals surface area contributed by atoms with Crippen molar-refractivity contribution in [2.75, 3.05) is 6.61 Å². The Balaban J connectivity index is 1.50. The maximum absolute atomic E-state index is 13.1. The number of fused-ring (bicyclic) bond motifs is 1. The lowest BCUT2D eigenvalue weighted by Crippen LogP contribution is -2.08. The molecular weight excluding hydrogens is 444 g/mol. The van der Waals surface area contributed by atoms with Crippen molar-refractivity contribution in [3.63, 3.8) is 0 Å². The van der Waals surface area contributed by atoms with Gasteiger partial charge in [0.25, 0.3) is 0 Å². The zero-order valence-corrected chi connectivity index (χ0v) is 19.7. The van der Waals surface area contributed by atoms with Gasteiger partial charge in [0.05, 0.1) is 17.6 Å². The maximum atomic E-state index is 13.1. The first-order valence-electron chi connectivity index (χ1n) is 11.3. The fourth-order valence-electron chi connectivity index (χ4n) is 3.45. The number of hydrogen-bond acceptors (Lipinski definition) is 6. The third-order valence-corrected chi connectivity index (χ3v) is 5.35. The topological polar surface area (TPSA) is 75.0 Å². The number of benzene rings is 3. The van der Waals surface area contributed by atoms with Crippen molar-refractivity contribution in [1.29, 1.82) is 0 Å². The summed E-state index contributed by atoms with van der Waals surface area (Å²) in [5.41, 5.74) is 2.59. The molecule has 35 heavy (non-hydrogen) atoms. The molecule has 0 fully saturated rings. The van der Waals surface area contributed by atoms with Gasteiger partial charge >= 0.3 is 5.97 Å². The number of carbonyl (C=O) groups is 1. The Labute approximate surface area is 203 Å². The number of aryl methyl sites for hydroxylation is 1. The van der Waals surface area contributed by atoms with Crippen molar-refractivity contribution in [1.82, 2.24) is 0 Å². The second-order valence-electron chi connectivity index (χ2n) is 7.97. The van der Waals surface area contributed by atoms with Gasteiger partial charge in [-0.15, -0.1) is 0 Å². The molecule has 178 valence electrons. The molecule has 0 saturated heterocycles. The summed E-state index contributed by atoms with van der Waals surface area (Å²) in [4.78, 5) is 25.1. The van der Waals surface area contributed by atoms with Crippen molar-refractivity contribution in [3.05, 3.63) is 106 Å². The summed E-state index contributed by atoms with van der Waals surface area (Å²) in [5.74, 6) is 1.04. The highest BCUT2D eigenvalue weighted by Crippen LogP contribution is 2.28. The van der Waals surface area contributed by atoms with E-state index in [1.54, 1.807) is 55.5 Å². The number of ether oxygens (including phenoxy) is 3. The number of esters is 1. The first kappa shape index (κ1) is 23.8. The SMILES string of the molecule is C=Cc1ccc(COc2ccc3c(=O)c(Oc4ccc(C(=O)OCCC)cc4)c(C)oc3c2)cc1. The highest BCUT2D eigenvalue weighted by atomic mass is 16.5. The molecule has 0 amide bonds. The van der Waals surface area contributed by atoms with Crippen molar-refractivity contribution in [2.24, 2.45) is 0 Å². The Morgan fingerprint density at radius 3 is 2.40 bits per heavy atom. The molecular formula is C29H26O6. The molecule has 0 bridgehead atoms. The van der Waals surface area contributed by atoms with Crippen LogP contribution in [0.15, 0.2) is 82.5 Å². The highest BCUT2D eigenvalue weighted by molar-refractivity contribution is 5.89. The minimum absolute atomic E-state index is 0.0924. The van der Waals surface area contributed by atoms with Crippen molar-refractivity contribution >= 4 is 23.0 Å². The fraction of sp³-hybridized carbons (Fsp3) is 0.172. The molecule has 3 aromatic carbocycles. The quantitative estimate of drug-likeness (QED) is 0.254. The van der Waals surface area contributed by atoms with E-state index >= 15 is 0 Å². The largest absolute Gasteiger partial charge is 0.489 e. The van der Waals surface area contributed by atoms with E-state index in [0.717, 1.165) is 17.5 Å². The van der Waals surface area contributed by atoms with Gasteiger partial charge < -0.3 is 18.6 Å². The van der Waals surface area contributed by atoms with Gasteiger partial charge in [-0.1, -0.05) is 43.8 Å². The van der Waals surface area contributed by atoms with Crippen LogP contribution < -0.4 is 14.9 Å². The van der Waals surface area contributed by atoms with Crippen LogP contribution in [0.2, 0.25) is 0 Å². The molecule has 0 N–H and O–H groups in total. The predicted molar refractivity (Wildman–Crippen MR) is 135 cm³/mol. The van der Waals surface area contributed by atoms with E-state index in [1.165, 1.54) is 0 Å². The van der Waals surface area contributed by atoms with Crippen LogP contribution in [-0.2, 0) is 11.3 Å². The lowest BCUT2D eigenvalue weighted by atomic mass is 10.1. The average Bonchev–Trinajstić information content (AvgIpc) is 2.89. The standard InChI is InChI=1S/C29H26O6/c1-4-16-32-29(31)22-10-12-23(13-11-22)35-28-19(3)34-26-17-24(14-15-25(26)27(28)30)33-18-21-8-6-20(5-2)7-9-21/h5-15,17H,2,4,16,18H2,1,3H3. The van der Waals surface area contributed by atoms with Gasteiger partial charge in [0.1, 0.15) is 29.4 Å². The number of hydrogen-bond donors (Lipinski definition) is 0. The minimum atomic E-state index is -0.397. The van der Waals surface area contributed by atoms with Gasteiger partial charge in [-0.2, -0.15) is 0 Å². The average molecular weight is 471 g/mol. The number of rotatable bonds is 9. The van der Waals surface area contributed by atoms with Gasteiger partial charge in [-0.3, -0.25) is 4.79 Å². The van der Waals surface area contributed by atoms with Crippen LogP contribution in [0.5, 0.6) is 17.2 Å². The molecule has 1 heterocycles. The summed E-state index contributed by atoms with van der Waals surface area (Å²) in [6.07, 6.45) is 2.54. The van der Waals surface area contributed by atoms with E-state index in [-0.39, 0.29) is 11.2 Å². The van der Waals surface area contributed by atoms with E-state index in [2.05, 4.69) is 6.58 Å². The second kappa shape index (κ2) is 10.7. The Morgan fingerprint density at radius 1 is 1.00 bits per heavy atom. The molecule has 0 radical (unpaired) electrons. The fourth-order valence-corrected chi connectivity index (χ4v) is 3.45. The van der Waals surface area contributed by atoms with E-state index in [0.29, 0.717) is 47.0 Å². The Kier molecular flexibility index (Phi) is 7.31. The Hall–Kier alpha value is -4.32. The molecule has 0 aliphatic heterocycles. The molecule has 0 atom stereocenters. The zero-order chi connectivity index (χ0) is 24.8. The molecule has 4 rings (SSSR count). The molecule has 1 aromatic heterocycles. The number of carbonyl (C=O) groups excluding carboxylic acids is 1. The van der Waals surface area contributed by atoms with E-state index in [9.17, 15) is 9.59 Å². The Morgan fingerprint density at radius 2 is 1.71 bits per heavy atom. The minimum Gasteiger partial charge on any atom is -0.489 e. The summed E-state index contributed by atoms with van der Waals surface area (Å²) >= 11 is 0. The molecule has 0 aliphatic carbocycles. The van der Waals surface area contributed by atoms with Crippen LogP contribution in [0, 0.1) is 6.92 Å². The maximum Gasteiger partial charge on any atom is 0.338 e. The van der Waals surface area contributed by atoms with Crippen molar-refractivity contribution in [3.8, 4) is 17.2 Å². The van der Waals surface area contributed by atoms with Crippen LogP contribution >= 0.6 is 0 Å². The van der Waals surface area contributed by atoms with Crippen LogP contribution in [0.1, 0.15) is 40.6 Å². The summed E-state index contributed by atoms with van der Waals surface area (Å²) in [7, 11) is 0. The summed E-state index contributed by atoms with van der Waals surface area (Å²) < 4.78 is 22.7. The van der Waals surface area contributed by atoms with Crippen LogP contribution in [0.25, 0.3) is 17.0 Å². The van der Waals surface area contributed by atoms with Gasteiger partial charge in [0.15, 0.2) is 0 Å². The van der Waals surface area contributed by atoms with Gasteiger partial charge in [0.2, 0.25) is 11.2 Å².